The maximum Gasteiger partial charge on any atom is 0.371 e. The third kappa shape index (κ3) is 3.46. The molecule has 21 heavy (non-hydrogen) atoms. The van der Waals surface area contributed by atoms with Crippen LogP contribution in [0.3, 0.4) is 0 Å². The summed E-state index contributed by atoms with van der Waals surface area (Å²) in [6.45, 7) is 0. The molecule has 1 aromatic carbocycles. The Morgan fingerprint density at radius 2 is 1.62 bits per heavy atom. The molecule has 110 valence electrons. The standard InChI is InChI=1S/C12H10N2O6S/c13-21(18,19)8-3-1-7(2-4-8)14-11(15)9-5-6-10(20-9)12(16)17/h1-6H,(H,14,15)(H,16,17)(H2,13,18,19). The van der Waals surface area contributed by atoms with Crippen LogP contribution in [0, 0.1) is 0 Å². The first-order valence-corrected chi connectivity index (χ1v) is 7.09. The minimum Gasteiger partial charge on any atom is -0.475 e. The first-order chi connectivity index (χ1) is 9.77. The summed E-state index contributed by atoms with van der Waals surface area (Å²) >= 11 is 0. The number of rotatable bonds is 4. The number of sulfonamides is 1. The molecule has 0 aliphatic carbocycles. The van der Waals surface area contributed by atoms with Crippen molar-refractivity contribution in [1.82, 2.24) is 0 Å². The second-order valence-electron chi connectivity index (χ2n) is 3.99. The average molecular weight is 310 g/mol. The lowest BCUT2D eigenvalue weighted by molar-refractivity contribution is 0.0660. The molecule has 0 saturated carbocycles. The number of nitrogens with two attached hydrogens (primary N) is 1. The fourth-order valence-corrected chi connectivity index (χ4v) is 2.01. The van der Waals surface area contributed by atoms with Crippen LogP contribution in [0.1, 0.15) is 21.1 Å². The first kappa shape index (κ1) is 14.8. The van der Waals surface area contributed by atoms with Crippen LogP contribution in [0.25, 0.3) is 0 Å². The second-order valence-corrected chi connectivity index (χ2v) is 5.55. The predicted molar refractivity (Wildman–Crippen MR) is 71.4 cm³/mol. The van der Waals surface area contributed by atoms with Gasteiger partial charge in [-0.05, 0) is 36.4 Å². The molecule has 2 aromatic rings. The Bertz CT molecular complexity index is 791. The van der Waals surface area contributed by atoms with Crippen molar-refractivity contribution in [2.24, 2.45) is 5.14 Å². The van der Waals surface area contributed by atoms with Gasteiger partial charge in [0.25, 0.3) is 5.91 Å². The maximum absolute atomic E-state index is 11.8. The van der Waals surface area contributed by atoms with Gasteiger partial charge in [0.15, 0.2) is 5.76 Å². The van der Waals surface area contributed by atoms with Gasteiger partial charge in [0, 0.05) is 5.69 Å². The van der Waals surface area contributed by atoms with E-state index in [1.165, 1.54) is 30.3 Å². The first-order valence-electron chi connectivity index (χ1n) is 5.55. The van der Waals surface area contributed by atoms with Crippen LogP contribution in [0.2, 0.25) is 0 Å². The lowest BCUT2D eigenvalue weighted by Crippen LogP contribution is -2.13. The van der Waals surface area contributed by atoms with Gasteiger partial charge in [0.1, 0.15) is 0 Å². The smallest absolute Gasteiger partial charge is 0.371 e. The van der Waals surface area contributed by atoms with Crippen LogP contribution in [-0.2, 0) is 10.0 Å². The minimum absolute atomic E-state index is 0.0911. The molecule has 0 atom stereocenters. The van der Waals surface area contributed by atoms with E-state index in [1.807, 2.05) is 0 Å². The molecule has 0 unspecified atom stereocenters. The molecule has 8 nitrogen and oxygen atoms in total. The van der Waals surface area contributed by atoms with Gasteiger partial charge in [0.05, 0.1) is 4.90 Å². The van der Waals surface area contributed by atoms with E-state index in [-0.39, 0.29) is 16.4 Å². The van der Waals surface area contributed by atoms with Crippen molar-refractivity contribution in [3.05, 3.63) is 47.9 Å². The number of amides is 1. The zero-order valence-electron chi connectivity index (χ0n) is 10.4. The van der Waals surface area contributed by atoms with E-state index >= 15 is 0 Å². The normalized spacial score (nSPS) is 11.1. The van der Waals surface area contributed by atoms with Crippen molar-refractivity contribution >= 4 is 27.6 Å². The number of furan rings is 1. The molecular formula is C12H10N2O6S. The fourth-order valence-electron chi connectivity index (χ4n) is 1.50. The van der Waals surface area contributed by atoms with E-state index in [1.54, 1.807) is 0 Å². The maximum atomic E-state index is 11.8. The van der Waals surface area contributed by atoms with E-state index in [9.17, 15) is 18.0 Å². The van der Waals surface area contributed by atoms with E-state index in [0.717, 1.165) is 6.07 Å². The molecule has 0 bridgehead atoms. The number of aromatic carboxylic acids is 1. The highest BCUT2D eigenvalue weighted by Crippen LogP contribution is 2.15. The highest BCUT2D eigenvalue weighted by molar-refractivity contribution is 7.89. The van der Waals surface area contributed by atoms with Crippen molar-refractivity contribution in [3.8, 4) is 0 Å². The minimum atomic E-state index is -3.80. The van der Waals surface area contributed by atoms with Crippen LogP contribution in [-0.4, -0.2) is 25.4 Å². The Kier molecular flexibility index (Phi) is 3.78. The van der Waals surface area contributed by atoms with E-state index in [0.29, 0.717) is 5.69 Å². The van der Waals surface area contributed by atoms with Crippen LogP contribution in [0.4, 0.5) is 5.69 Å². The van der Waals surface area contributed by atoms with Gasteiger partial charge < -0.3 is 14.8 Å². The predicted octanol–water partition coefficient (Wildman–Crippen LogP) is 0.878. The van der Waals surface area contributed by atoms with Gasteiger partial charge >= 0.3 is 5.97 Å². The van der Waals surface area contributed by atoms with Crippen LogP contribution in [0.15, 0.2) is 45.7 Å². The number of hydrogen-bond donors (Lipinski definition) is 3. The SMILES string of the molecule is NS(=O)(=O)c1ccc(NC(=O)c2ccc(C(=O)O)o2)cc1. The molecule has 1 aromatic heterocycles. The second kappa shape index (κ2) is 5.38. The third-order valence-corrected chi connectivity index (χ3v) is 3.41. The summed E-state index contributed by atoms with van der Waals surface area (Å²) in [6.07, 6.45) is 0. The molecule has 1 amide bonds. The lowest BCUT2D eigenvalue weighted by atomic mass is 10.3. The lowest BCUT2D eigenvalue weighted by Gasteiger charge is -2.04. The number of carbonyl (C=O) groups is 2. The summed E-state index contributed by atoms with van der Waals surface area (Å²) in [4.78, 5) is 22.3. The number of hydrogen-bond acceptors (Lipinski definition) is 5. The Labute approximate surface area is 119 Å². The third-order valence-electron chi connectivity index (χ3n) is 2.48. The average Bonchev–Trinajstić information content (AvgIpc) is 2.88. The molecular weight excluding hydrogens is 300 g/mol. The van der Waals surface area contributed by atoms with Gasteiger partial charge in [-0.2, -0.15) is 0 Å². The van der Waals surface area contributed by atoms with Gasteiger partial charge in [-0.1, -0.05) is 0 Å². The topological polar surface area (TPSA) is 140 Å². The molecule has 4 N–H and O–H groups in total. The van der Waals surface area contributed by atoms with E-state index < -0.39 is 21.9 Å². The molecule has 0 radical (unpaired) electrons. The summed E-state index contributed by atoms with van der Waals surface area (Å²) in [5.74, 6) is -2.48. The van der Waals surface area contributed by atoms with Gasteiger partial charge in [-0.3, -0.25) is 4.79 Å². The van der Waals surface area contributed by atoms with Crippen molar-refractivity contribution in [1.29, 1.82) is 0 Å². The largest absolute Gasteiger partial charge is 0.475 e. The number of anilines is 1. The zero-order chi connectivity index (χ0) is 15.6. The van der Waals surface area contributed by atoms with Gasteiger partial charge in [0.2, 0.25) is 15.8 Å². The Morgan fingerprint density at radius 1 is 1.05 bits per heavy atom. The number of carboxylic acid groups (broad SMARTS) is 1. The zero-order valence-corrected chi connectivity index (χ0v) is 11.3. The molecule has 0 spiro atoms. The molecule has 2 rings (SSSR count). The quantitative estimate of drug-likeness (QED) is 0.765. The number of primary sulfonamides is 1. The highest BCUT2D eigenvalue weighted by Gasteiger charge is 2.15. The molecule has 0 saturated heterocycles. The number of benzene rings is 1. The monoisotopic (exact) mass is 310 g/mol. The molecule has 9 heteroatoms. The van der Waals surface area contributed by atoms with Crippen molar-refractivity contribution in [2.45, 2.75) is 4.90 Å². The summed E-state index contributed by atoms with van der Waals surface area (Å²) in [7, 11) is -3.80. The molecule has 0 fully saturated rings. The van der Waals surface area contributed by atoms with Crippen molar-refractivity contribution in [3.63, 3.8) is 0 Å². The number of carboxylic acids is 1. The van der Waals surface area contributed by atoms with Crippen molar-refractivity contribution in [2.75, 3.05) is 5.32 Å². The Morgan fingerprint density at radius 3 is 2.10 bits per heavy atom. The Hall–Kier alpha value is -2.65. The number of carbonyl (C=O) groups excluding carboxylic acids is 1. The van der Waals surface area contributed by atoms with Crippen LogP contribution < -0.4 is 10.5 Å². The van der Waals surface area contributed by atoms with Crippen LogP contribution >= 0.6 is 0 Å². The van der Waals surface area contributed by atoms with E-state index in [4.69, 9.17) is 14.7 Å². The summed E-state index contributed by atoms with van der Waals surface area (Å²) in [6, 6.07) is 7.53. The molecule has 1 heterocycles. The van der Waals surface area contributed by atoms with Crippen molar-refractivity contribution < 1.29 is 27.5 Å². The fraction of sp³-hybridized carbons (Fsp3) is 0. The van der Waals surface area contributed by atoms with E-state index in [2.05, 4.69) is 5.32 Å². The molecule has 0 aliphatic rings. The van der Waals surface area contributed by atoms with Crippen LogP contribution in [0.5, 0.6) is 0 Å². The summed E-state index contributed by atoms with van der Waals surface area (Å²) < 4.78 is 27.0. The number of nitrogens with one attached hydrogen (secondary N) is 1. The summed E-state index contributed by atoms with van der Waals surface area (Å²) in [5, 5.41) is 16.1. The summed E-state index contributed by atoms with van der Waals surface area (Å²) in [5.41, 5.74) is 0.306. The molecule has 0 aliphatic heterocycles. The Balaban J connectivity index is 2.14. The highest BCUT2D eigenvalue weighted by atomic mass is 32.2. The van der Waals surface area contributed by atoms with Gasteiger partial charge in [-0.25, -0.2) is 18.4 Å². The van der Waals surface area contributed by atoms with Gasteiger partial charge in [-0.15, -0.1) is 0 Å².